The molecule has 2 amide bonds. The van der Waals surface area contributed by atoms with Gasteiger partial charge >= 0.3 is 0 Å². The summed E-state index contributed by atoms with van der Waals surface area (Å²) in [5.41, 5.74) is 2.16. The molecule has 0 aliphatic heterocycles. The van der Waals surface area contributed by atoms with Crippen LogP contribution in [-0.4, -0.2) is 27.9 Å². The lowest BCUT2D eigenvalue weighted by molar-refractivity contribution is -0.116. The van der Waals surface area contributed by atoms with E-state index < -0.39 is 5.91 Å². The Bertz CT molecular complexity index is 1320. The molecule has 0 bridgehead atoms. The molecule has 160 valence electrons. The van der Waals surface area contributed by atoms with E-state index >= 15 is 0 Å². The third-order valence-corrected chi connectivity index (χ3v) is 5.03. The minimum Gasteiger partial charge on any atom is -0.352 e. The summed E-state index contributed by atoms with van der Waals surface area (Å²) in [7, 11) is 0. The molecule has 0 radical (unpaired) electrons. The number of aromatic nitrogens is 2. The molecule has 0 saturated carbocycles. The highest BCUT2D eigenvalue weighted by Crippen LogP contribution is 2.15. The van der Waals surface area contributed by atoms with Gasteiger partial charge in [0.15, 0.2) is 0 Å². The first-order valence-corrected chi connectivity index (χ1v) is 10.3. The van der Waals surface area contributed by atoms with Crippen molar-refractivity contribution in [2.45, 2.75) is 13.0 Å². The third-order valence-electron chi connectivity index (χ3n) is 5.03. The predicted octanol–water partition coefficient (Wildman–Crippen LogP) is 3.01. The Balaban J connectivity index is 1.42. The number of fused-ring (bicyclic) bond motifs is 1. The summed E-state index contributed by atoms with van der Waals surface area (Å²) >= 11 is 0. The van der Waals surface area contributed by atoms with Crippen LogP contribution in [0.3, 0.4) is 0 Å². The molecule has 7 nitrogen and oxygen atoms in total. The van der Waals surface area contributed by atoms with E-state index in [0.717, 1.165) is 5.56 Å². The number of rotatable bonds is 7. The van der Waals surface area contributed by atoms with Crippen LogP contribution in [0.2, 0.25) is 0 Å². The highest BCUT2D eigenvalue weighted by molar-refractivity contribution is 6.03. The van der Waals surface area contributed by atoms with Crippen molar-refractivity contribution < 1.29 is 9.59 Å². The molecule has 0 spiro atoms. The lowest BCUT2D eigenvalue weighted by atomic mass is 10.1. The lowest BCUT2D eigenvalue weighted by Crippen LogP contribution is -2.30. The number of hydrogen-bond donors (Lipinski definition) is 2. The first-order valence-electron chi connectivity index (χ1n) is 10.3. The molecule has 0 fully saturated rings. The lowest BCUT2D eigenvalue weighted by Gasteiger charge is -2.12. The fourth-order valence-electron chi connectivity index (χ4n) is 3.41. The number of amides is 2. The summed E-state index contributed by atoms with van der Waals surface area (Å²) in [5.74, 6) is -0.699. The van der Waals surface area contributed by atoms with Crippen molar-refractivity contribution in [2.24, 2.45) is 0 Å². The molecule has 4 rings (SSSR count). The average molecular weight is 426 g/mol. The molecule has 4 aromatic rings. The van der Waals surface area contributed by atoms with Crippen molar-refractivity contribution in [1.29, 1.82) is 0 Å². The van der Waals surface area contributed by atoms with Crippen LogP contribution in [0.15, 0.2) is 90.0 Å². The quantitative estimate of drug-likeness (QED) is 0.475. The van der Waals surface area contributed by atoms with Gasteiger partial charge in [0.2, 0.25) is 5.91 Å². The van der Waals surface area contributed by atoms with Crippen molar-refractivity contribution in [1.82, 2.24) is 14.9 Å². The van der Waals surface area contributed by atoms with Crippen LogP contribution in [0.25, 0.3) is 10.9 Å². The monoisotopic (exact) mass is 426 g/mol. The molecule has 1 aromatic heterocycles. The number of anilines is 1. The SMILES string of the molecule is O=C(Cn1cnc2ccccc2c1=O)Nc1ccccc1C(=O)NCCc1ccccc1. The van der Waals surface area contributed by atoms with Crippen molar-refractivity contribution >= 4 is 28.4 Å². The van der Waals surface area contributed by atoms with Crippen LogP contribution in [0, 0.1) is 0 Å². The predicted molar refractivity (Wildman–Crippen MR) is 124 cm³/mol. The fourth-order valence-corrected chi connectivity index (χ4v) is 3.41. The van der Waals surface area contributed by atoms with Crippen molar-refractivity contribution in [2.75, 3.05) is 11.9 Å². The van der Waals surface area contributed by atoms with Crippen LogP contribution >= 0.6 is 0 Å². The fraction of sp³-hybridized carbons (Fsp3) is 0.120. The number of benzene rings is 3. The third kappa shape index (κ3) is 4.89. The first kappa shape index (κ1) is 21.0. The number of nitrogens with zero attached hydrogens (tertiary/aromatic N) is 2. The van der Waals surface area contributed by atoms with Crippen molar-refractivity contribution in [3.05, 3.63) is 107 Å². The number of carbonyl (C=O) groups excluding carboxylic acids is 2. The van der Waals surface area contributed by atoms with Crippen LogP contribution in [0.4, 0.5) is 5.69 Å². The van der Waals surface area contributed by atoms with Gasteiger partial charge in [0.05, 0.1) is 28.5 Å². The summed E-state index contributed by atoms with van der Waals surface area (Å²) in [6.45, 7) is 0.268. The Morgan fingerprint density at radius 2 is 1.59 bits per heavy atom. The Morgan fingerprint density at radius 1 is 0.875 bits per heavy atom. The van der Waals surface area contributed by atoms with Gasteiger partial charge in [0.25, 0.3) is 11.5 Å². The van der Waals surface area contributed by atoms with Crippen LogP contribution < -0.4 is 16.2 Å². The Hall–Kier alpha value is -4.26. The highest BCUT2D eigenvalue weighted by atomic mass is 16.2. The van der Waals surface area contributed by atoms with Gasteiger partial charge in [0.1, 0.15) is 6.54 Å². The van der Waals surface area contributed by atoms with E-state index in [1.165, 1.54) is 10.9 Å². The summed E-state index contributed by atoms with van der Waals surface area (Å²) < 4.78 is 1.25. The van der Waals surface area contributed by atoms with E-state index in [-0.39, 0.29) is 18.0 Å². The molecule has 0 saturated heterocycles. The zero-order valence-electron chi connectivity index (χ0n) is 17.3. The summed E-state index contributed by atoms with van der Waals surface area (Å²) in [4.78, 5) is 42.1. The van der Waals surface area contributed by atoms with E-state index in [1.807, 2.05) is 30.3 Å². The van der Waals surface area contributed by atoms with Gasteiger partial charge in [0, 0.05) is 6.54 Å². The normalized spacial score (nSPS) is 10.6. The van der Waals surface area contributed by atoms with Gasteiger partial charge in [-0.3, -0.25) is 19.0 Å². The number of nitrogens with one attached hydrogen (secondary N) is 2. The molecular weight excluding hydrogens is 404 g/mol. The van der Waals surface area contributed by atoms with E-state index in [2.05, 4.69) is 15.6 Å². The Kier molecular flexibility index (Phi) is 6.36. The molecule has 3 aromatic carbocycles. The Labute approximate surface area is 184 Å². The van der Waals surface area contributed by atoms with Crippen LogP contribution in [0.1, 0.15) is 15.9 Å². The maximum atomic E-state index is 12.7. The average Bonchev–Trinajstić information content (AvgIpc) is 2.82. The number of hydrogen-bond acceptors (Lipinski definition) is 4. The van der Waals surface area contributed by atoms with Gasteiger partial charge in [-0.1, -0.05) is 54.6 Å². The molecular formula is C25H22N4O3. The zero-order chi connectivity index (χ0) is 22.3. The summed E-state index contributed by atoms with van der Waals surface area (Å²) in [6, 6.07) is 23.6. The summed E-state index contributed by atoms with van der Waals surface area (Å²) in [5, 5.41) is 6.07. The van der Waals surface area contributed by atoms with Crippen molar-refractivity contribution in [3.63, 3.8) is 0 Å². The standard InChI is InChI=1S/C25H22N4O3/c30-23(16-29-17-27-21-12-6-5-11-20(21)25(29)32)28-22-13-7-4-10-19(22)24(31)26-15-14-18-8-2-1-3-9-18/h1-13,17H,14-16H2,(H,26,31)(H,28,30). The van der Waals surface area contributed by atoms with Gasteiger partial charge in [-0.05, 0) is 36.2 Å². The topological polar surface area (TPSA) is 93.1 Å². The molecule has 32 heavy (non-hydrogen) atoms. The van der Waals surface area contributed by atoms with Crippen molar-refractivity contribution in [3.8, 4) is 0 Å². The van der Waals surface area contributed by atoms with Crippen LogP contribution in [0.5, 0.6) is 0 Å². The molecule has 0 unspecified atom stereocenters. The van der Waals surface area contributed by atoms with Gasteiger partial charge in [-0.2, -0.15) is 0 Å². The molecule has 0 atom stereocenters. The molecule has 0 aliphatic rings. The Morgan fingerprint density at radius 3 is 2.44 bits per heavy atom. The minimum absolute atomic E-state index is 0.208. The zero-order valence-corrected chi connectivity index (χ0v) is 17.3. The van der Waals surface area contributed by atoms with Crippen LogP contribution in [-0.2, 0) is 17.8 Å². The second-order valence-electron chi connectivity index (χ2n) is 7.28. The molecule has 2 N–H and O–H groups in total. The second-order valence-corrected chi connectivity index (χ2v) is 7.28. The maximum Gasteiger partial charge on any atom is 0.261 e. The number of carbonyl (C=O) groups is 2. The number of para-hydroxylation sites is 2. The second kappa shape index (κ2) is 9.70. The van der Waals surface area contributed by atoms with E-state index in [1.54, 1.807) is 48.5 Å². The maximum absolute atomic E-state index is 12.7. The van der Waals surface area contributed by atoms with Gasteiger partial charge in [-0.15, -0.1) is 0 Å². The van der Waals surface area contributed by atoms with E-state index in [9.17, 15) is 14.4 Å². The first-order chi connectivity index (χ1) is 15.6. The molecule has 7 heteroatoms. The summed E-state index contributed by atoms with van der Waals surface area (Å²) in [6.07, 6.45) is 2.06. The minimum atomic E-state index is -0.422. The largest absolute Gasteiger partial charge is 0.352 e. The van der Waals surface area contributed by atoms with Gasteiger partial charge in [-0.25, -0.2) is 4.98 Å². The molecule has 1 heterocycles. The molecule has 0 aliphatic carbocycles. The van der Waals surface area contributed by atoms with Gasteiger partial charge < -0.3 is 10.6 Å². The van der Waals surface area contributed by atoms with E-state index in [4.69, 9.17) is 0 Å². The highest BCUT2D eigenvalue weighted by Gasteiger charge is 2.14. The van der Waals surface area contributed by atoms with E-state index in [0.29, 0.717) is 35.1 Å². The smallest absolute Gasteiger partial charge is 0.261 e.